The van der Waals surface area contributed by atoms with Crippen LogP contribution in [-0.2, 0) is 4.74 Å². The second-order valence-corrected chi connectivity index (χ2v) is 7.07. The van der Waals surface area contributed by atoms with Crippen molar-refractivity contribution in [3.8, 4) is 0 Å². The summed E-state index contributed by atoms with van der Waals surface area (Å²) in [4.78, 5) is 0. The molecule has 0 aromatic rings. The molecule has 0 aliphatic heterocycles. The molecule has 1 nitrogen and oxygen atoms in total. The number of halogens is 1. The Labute approximate surface area is 129 Å². The standard InChI is InChI=1S/C17H33BrO/c1-4-10-17(13-18,11-5-2)14-19-16-9-7-8-15(6-3)12-16/h15-16H,4-14H2,1-3H3. The zero-order chi connectivity index (χ0) is 14.1. The number of hydrogen-bond donors (Lipinski definition) is 0. The zero-order valence-corrected chi connectivity index (χ0v) is 14.8. The van der Waals surface area contributed by atoms with E-state index in [0.29, 0.717) is 11.5 Å². The maximum Gasteiger partial charge on any atom is 0.0578 e. The first-order chi connectivity index (χ1) is 9.19. The average molecular weight is 333 g/mol. The van der Waals surface area contributed by atoms with Crippen LogP contribution in [0.2, 0.25) is 0 Å². The third-order valence-corrected chi connectivity index (χ3v) is 5.97. The van der Waals surface area contributed by atoms with E-state index in [-0.39, 0.29) is 0 Å². The molecular weight excluding hydrogens is 300 g/mol. The van der Waals surface area contributed by atoms with E-state index in [2.05, 4.69) is 36.7 Å². The van der Waals surface area contributed by atoms with Crippen LogP contribution in [0.4, 0.5) is 0 Å². The van der Waals surface area contributed by atoms with Crippen LogP contribution in [-0.4, -0.2) is 18.0 Å². The Kier molecular flexibility index (Phi) is 8.64. The predicted molar refractivity (Wildman–Crippen MR) is 88.0 cm³/mol. The molecule has 0 radical (unpaired) electrons. The van der Waals surface area contributed by atoms with Crippen molar-refractivity contribution in [2.24, 2.45) is 11.3 Å². The van der Waals surface area contributed by atoms with Gasteiger partial charge in [-0.1, -0.05) is 68.8 Å². The monoisotopic (exact) mass is 332 g/mol. The summed E-state index contributed by atoms with van der Waals surface area (Å²) in [7, 11) is 0. The molecule has 0 aromatic heterocycles. The Morgan fingerprint density at radius 1 is 1.11 bits per heavy atom. The molecule has 0 aromatic carbocycles. The van der Waals surface area contributed by atoms with Gasteiger partial charge in [0.1, 0.15) is 0 Å². The van der Waals surface area contributed by atoms with Gasteiger partial charge in [0.15, 0.2) is 0 Å². The van der Waals surface area contributed by atoms with Crippen LogP contribution < -0.4 is 0 Å². The zero-order valence-electron chi connectivity index (χ0n) is 13.2. The molecule has 1 fully saturated rings. The van der Waals surface area contributed by atoms with E-state index in [0.717, 1.165) is 17.9 Å². The summed E-state index contributed by atoms with van der Waals surface area (Å²) in [5.41, 5.74) is 0.378. The molecule has 1 aliphatic rings. The smallest absolute Gasteiger partial charge is 0.0578 e. The molecule has 1 saturated carbocycles. The molecule has 19 heavy (non-hydrogen) atoms. The van der Waals surface area contributed by atoms with Gasteiger partial charge in [-0.3, -0.25) is 0 Å². The molecular formula is C17H33BrO. The van der Waals surface area contributed by atoms with Crippen molar-refractivity contribution in [2.45, 2.75) is 84.7 Å². The van der Waals surface area contributed by atoms with Crippen molar-refractivity contribution < 1.29 is 4.74 Å². The summed E-state index contributed by atoms with van der Waals surface area (Å²) in [6.07, 6.45) is 12.3. The molecule has 2 heteroatoms. The van der Waals surface area contributed by atoms with Crippen molar-refractivity contribution in [3.63, 3.8) is 0 Å². The second-order valence-electron chi connectivity index (χ2n) is 6.51. The Hall–Kier alpha value is 0.440. The van der Waals surface area contributed by atoms with Gasteiger partial charge < -0.3 is 4.74 Å². The van der Waals surface area contributed by atoms with E-state index in [1.54, 1.807) is 0 Å². The van der Waals surface area contributed by atoms with Crippen molar-refractivity contribution in [2.75, 3.05) is 11.9 Å². The number of alkyl halides is 1. The fraction of sp³-hybridized carbons (Fsp3) is 1.00. The van der Waals surface area contributed by atoms with Crippen LogP contribution in [0.15, 0.2) is 0 Å². The highest BCUT2D eigenvalue weighted by atomic mass is 79.9. The van der Waals surface area contributed by atoms with Crippen molar-refractivity contribution in [1.29, 1.82) is 0 Å². The van der Waals surface area contributed by atoms with Gasteiger partial charge in [0, 0.05) is 10.7 Å². The minimum atomic E-state index is 0.378. The van der Waals surface area contributed by atoms with Crippen LogP contribution in [0.5, 0.6) is 0 Å². The Morgan fingerprint density at radius 2 is 1.79 bits per heavy atom. The van der Waals surface area contributed by atoms with Gasteiger partial charge in [-0.05, 0) is 31.6 Å². The van der Waals surface area contributed by atoms with Crippen LogP contribution in [0.25, 0.3) is 0 Å². The minimum Gasteiger partial charge on any atom is -0.378 e. The molecule has 1 aliphatic carbocycles. The third-order valence-electron chi connectivity index (χ3n) is 4.78. The summed E-state index contributed by atoms with van der Waals surface area (Å²) < 4.78 is 6.35. The topological polar surface area (TPSA) is 9.23 Å². The van der Waals surface area contributed by atoms with Crippen LogP contribution >= 0.6 is 15.9 Å². The molecule has 1 rings (SSSR count). The Bertz CT molecular complexity index is 223. The van der Waals surface area contributed by atoms with Gasteiger partial charge in [0.25, 0.3) is 0 Å². The highest BCUT2D eigenvalue weighted by Crippen LogP contribution is 2.35. The maximum absolute atomic E-state index is 6.35. The maximum atomic E-state index is 6.35. The van der Waals surface area contributed by atoms with E-state index in [4.69, 9.17) is 4.74 Å². The van der Waals surface area contributed by atoms with Gasteiger partial charge in [-0.2, -0.15) is 0 Å². The van der Waals surface area contributed by atoms with Crippen molar-refractivity contribution in [3.05, 3.63) is 0 Å². The van der Waals surface area contributed by atoms with Crippen LogP contribution in [0.3, 0.4) is 0 Å². The fourth-order valence-corrected chi connectivity index (χ4v) is 4.28. The number of ether oxygens (including phenoxy) is 1. The molecule has 114 valence electrons. The molecule has 0 saturated heterocycles. The van der Waals surface area contributed by atoms with E-state index in [1.165, 1.54) is 57.8 Å². The lowest BCUT2D eigenvalue weighted by molar-refractivity contribution is -0.0340. The molecule has 2 atom stereocenters. The lowest BCUT2D eigenvalue weighted by Crippen LogP contribution is -2.33. The van der Waals surface area contributed by atoms with E-state index >= 15 is 0 Å². The largest absolute Gasteiger partial charge is 0.378 e. The first-order valence-electron chi connectivity index (χ1n) is 8.37. The second kappa shape index (κ2) is 9.39. The van der Waals surface area contributed by atoms with Gasteiger partial charge in [-0.15, -0.1) is 0 Å². The van der Waals surface area contributed by atoms with Gasteiger partial charge in [0.2, 0.25) is 0 Å². The first kappa shape index (κ1) is 17.5. The SMILES string of the molecule is CCCC(CBr)(CCC)COC1CCCC(CC)C1. The Balaban J connectivity index is 2.45. The fourth-order valence-electron chi connectivity index (χ4n) is 3.56. The molecule has 2 unspecified atom stereocenters. The summed E-state index contributed by atoms with van der Waals surface area (Å²) >= 11 is 3.75. The summed E-state index contributed by atoms with van der Waals surface area (Å²) in [5.74, 6) is 0.912. The van der Waals surface area contributed by atoms with E-state index < -0.39 is 0 Å². The molecule has 0 spiro atoms. The molecule has 0 amide bonds. The third kappa shape index (κ3) is 5.75. The summed E-state index contributed by atoms with van der Waals surface area (Å²) in [5, 5.41) is 1.09. The first-order valence-corrected chi connectivity index (χ1v) is 9.49. The molecule has 0 heterocycles. The van der Waals surface area contributed by atoms with Gasteiger partial charge in [0.05, 0.1) is 12.7 Å². The lowest BCUT2D eigenvalue weighted by atomic mass is 9.81. The highest BCUT2D eigenvalue weighted by Gasteiger charge is 2.30. The number of rotatable bonds is 9. The van der Waals surface area contributed by atoms with E-state index in [9.17, 15) is 0 Å². The highest BCUT2D eigenvalue weighted by molar-refractivity contribution is 9.09. The normalized spacial score (nSPS) is 24.6. The van der Waals surface area contributed by atoms with Gasteiger partial charge in [-0.25, -0.2) is 0 Å². The number of hydrogen-bond acceptors (Lipinski definition) is 1. The van der Waals surface area contributed by atoms with Gasteiger partial charge >= 0.3 is 0 Å². The minimum absolute atomic E-state index is 0.378. The Morgan fingerprint density at radius 3 is 2.32 bits per heavy atom. The average Bonchev–Trinajstić information content (AvgIpc) is 2.45. The quantitative estimate of drug-likeness (QED) is 0.474. The predicted octanol–water partition coefficient (Wildman–Crippen LogP) is 5.95. The lowest BCUT2D eigenvalue weighted by Gasteiger charge is -2.35. The van der Waals surface area contributed by atoms with E-state index in [1.807, 2.05) is 0 Å². The van der Waals surface area contributed by atoms with Crippen molar-refractivity contribution >= 4 is 15.9 Å². The van der Waals surface area contributed by atoms with Crippen molar-refractivity contribution in [1.82, 2.24) is 0 Å². The molecule has 0 bridgehead atoms. The van der Waals surface area contributed by atoms with Crippen LogP contribution in [0.1, 0.15) is 78.6 Å². The summed E-state index contributed by atoms with van der Waals surface area (Å²) in [6, 6.07) is 0. The van der Waals surface area contributed by atoms with Crippen LogP contribution in [0, 0.1) is 11.3 Å². The molecule has 0 N–H and O–H groups in total. The summed E-state index contributed by atoms with van der Waals surface area (Å²) in [6.45, 7) is 7.87.